The summed E-state index contributed by atoms with van der Waals surface area (Å²) in [5, 5.41) is 14.3. The zero-order valence-electron chi connectivity index (χ0n) is 9.64. The van der Waals surface area contributed by atoms with Crippen LogP contribution in [0.15, 0.2) is 41.0 Å². The lowest BCUT2D eigenvalue weighted by atomic mass is 10.2. The largest absolute Gasteiger partial charge is 0.374 e. The number of hydrogen-bond donors (Lipinski definition) is 1. The molecule has 1 aromatic carbocycles. The minimum Gasteiger partial charge on any atom is -0.374 e. The van der Waals surface area contributed by atoms with Crippen molar-refractivity contribution < 1.29 is 4.92 Å². The summed E-state index contributed by atoms with van der Waals surface area (Å²) >= 11 is 9.11. The highest BCUT2D eigenvalue weighted by molar-refractivity contribution is 9.10. The van der Waals surface area contributed by atoms with Crippen LogP contribution in [-0.2, 0) is 6.54 Å². The van der Waals surface area contributed by atoms with E-state index in [2.05, 4.69) is 26.2 Å². The van der Waals surface area contributed by atoms with Gasteiger partial charge < -0.3 is 5.32 Å². The van der Waals surface area contributed by atoms with E-state index in [9.17, 15) is 10.1 Å². The molecule has 0 aliphatic rings. The van der Waals surface area contributed by atoms with Crippen molar-refractivity contribution in [2.45, 2.75) is 6.54 Å². The van der Waals surface area contributed by atoms with Gasteiger partial charge in [0.1, 0.15) is 10.3 Å². The molecule has 1 aromatic heterocycles. The zero-order chi connectivity index (χ0) is 13.8. The average Bonchev–Trinajstić information content (AvgIpc) is 2.36. The monoisotopic (exact) mass is 341 g/mol. The van der Waals surface area contributed by atoms with E-state index < -0.39 is 4.92 Å². The first-order valence-electron chi connectivity index (χ1n) is 5.35. The highest BCUT2D eigenvalue weighted by atomic mass is 79.9. The molecule has 0 bridgehead atoms. The fraction of sp³-hybridized carbons (Fsp3) is 0.0833. The minimum absolute atomic E-state index is 0.0144. The van der Waals surface area contributed by atoms with Crippen molar-refractivity contribution in [1.82, 2.24) is 4.98 Å². The van der Waals surface area contributed by atoms with Crippen LogP contribution in [0.2, 0.25) is 5.02 Å². The molecule has 0 amide bonds. The number of aromatic nitrogens is 1. The SMILES string of the molecule is O=[N+]([O-])c1ccc(Cl)cc1NCc1cccc(Br)n1. The van der Waals surface area contributed by atoms with Crippen LogP contribution >= 0.6 is 27.5 Å². The number of hydrogen-bond acceptors (Lipinski definition) is 4. The summed E-state index contributed by atoms with van der Waals surface area (Å²) in [4.78, 5) is 14.7. The van der Waals surface area contributed by atoms with Crippen molar-refractivity contribution in [3.8, 4) is 0 Å². The van der Waals surface area contributed by atoms with E-state index in [1.807, 2.05) is 18.2 Å². The first kappa shape index (κ1) is 13.8. The molecule has 0 unspecified atom stereocenters. The normalized spacial score (nSPS) is 10.2. The molecule has 0 spiro atoms. The number of rotatable bonds is 4. The zero-order valence-corrected chi connectivity index (χ0v) is 12.0. The molecule has 0 fully saturated rings. The number of nitro benzene ring substituents is 1. The van der Waals surface area contributed by atoms with Gasteiger partial charge in [-0.15, -0.1) is 0 Å². The number of anilines is 1. The van der Waals surface area contributed by atoms with Crippen molar-refractivity contribution in [2.75, 3.05) is 5.32 Å². The summed E-state index contributed by atoms with van der Waals surface area (Å²) in [5.74, 6) is 0. The van der Waals surface area contributed by atoms with E-state index in [1.165, 1.54) is 18.2 Å². The molecule has 19 heavy (non-hydrogen) atoms. The van der Waals surface area contributed by atoms with E-state index >= 15 is 0 Å². The second-order valence-electron chi connectivity index (χ2n) is 3.72. The van der Waals surface area contributed by atoms with E-state index in [0.29, 0.717) is 21.9 Å². The number of nitro groups is 1. The van der Waals surface area contributed by atoms with E-state index in [0.717, 1.165) is 5.69 Å². The van der Waals surface area contributed by atoms with Gasteiger partial charge in [0.2, 0.25) is 0 Å². The summed E-state index contributed by atoms with van der Waals surface area (Å²) in [5.41, 5.74) is 1.13. The van der Waals surface area contributed by atoms with Crippen molar-refractivity contribution in [3.63, 3.8) is 0 Å². The Hall–Kier alpha value is -1.66. The third-order valence-electron chi connectivity index (χ3n) is 2.39. The van der Waals surface area contributed by atoms with Crippen LogP contribution < -0.4 is 5.32 Å². The van der Waals surface area contributed by atoms with Gasteiger partial charge in [-0.25, -0.2) is 4.98 Å². The highest BCUT2D eigenvalue weighted by Crippen LogP contribution is 2.27. The molecule has 0 aliphatic carbocycles. The van der Waals surface area contributed by atoms with Crippen LogP contribution in [0.4, 0.5) is 11.4 Å². The van der Waals surface area contributed by atoms with Gasteiger partial charge in [0.05, 0.1) is 17.2 Å². The summed E-state index contributed by atoms with van der Waals surface area (Å²) in [6.07, 6.45) is 0. The van der Waals surface area contributed by atoms with Crippen LogP contribution in [0.25, 0.3) is 0 Å². The summed E-state index contributed by atoms with van der Waals surface area (Å²) < 4.78 is 0.715. The molecule has 0 saturated heterocycles. The van der Waals surface area contributed by atoms with Crippen molar-refractivity contribution in [3.05, 3.63) is 61.8 Å². The third-order valence-corrected chi connectivity index (χ3v) is 3.06. The summed E-state index contributed by atoms with van der Waals surface area (Å²) in [6.45, 7) is 0.376. The Kier molecular flexibility index (Phi) is 4.34. The van der Waals surface area contributed by atoms with Crippen LogP contribution in [0.5, 0.6) is 0 Å². The molecule has 5 nitrogen and oxygen atoms in total. The molecule has 1 N–H and O–H groups in total. The molecule has 2 rings (SSSR count). The van der Waals surface area contributed by atoms with Gasteiger partial charge >= 0.3 is 0 Å². The highest BCUT2D eigenvalue weighted by Gasteiger charge is 2.13. The maximum Gasteiger partial charge on any atom is 0.292 e. The molecule has 2 aromatic rings. The molecule has 0 aliphatic heterocycles. The molecule has 0 atom stereocenters. The van der Waals surface area contributed by atoms with Gasteiger partial charge in [-0.3, -0.25) is 10.1 Å². The van der Waals surface area contributed by atoms with Crippen LogP contribution in [0, 0.1) is 10.1 Å². The fourth-order valence-corrected chi connectivity index (χ4v) is 2.10. The lowest BCUT2D eigenvalue weighted by Crippen LogP contribution is -2.04. The smallest absolute Gasteiger partial charge is 0.292 e. The number of benzene rings is 1. The number of nitrogens with one attached hydrogen (secondary N) is 1. The summed E-state index contributed by atoms with van der Waals surface area (Å²) in [7, 11) is 0. The first-order valence-corrected chi connectivity index (χ1v) is 6.52. The fourth-order valence-electron chi connectivity index (χ4n) is 1.54. The molecule has 0 saturated carbocycles. The van der Waals surface area contributed by atoms with Crippen molar-refractivity contribution in [2.24, 2.45) is 0 Å². The molecule has 0 radical (unpaired) electrons. The first-order chi connectivity index (χ1) is 9.06. The second kappa shape index (κ2) is 5.99. The Morgan fingerprint density at radius 1 is 1.37 bits per heavy atom. The van der Waals surface area contributed by atoms with Gasteiger partial charge in [-0.2, -0.15) is 0 Å². The van der Waals surface area contributed by atoms with Crippen molar-refractivity contribution in [1.29, 1.82) is 0 Å². The van der Waals surface area contributed by atoms with Gasteiger partial charge in [0.15, 0.2) is 0 Å². The third kappa shape index (κ3) is 3.65. The lowest BCUT2D eigenvalue weighted by molar-refractivity contribution is -0.384. The number of nitrogens with zero attached hydrogens (tertiary/aromatic N) is 2. The lowest BCUT2D eigenvalue weighted by Gasteiger charge is -2.07. The molecule has 1 heterocycles. The Labute approximate surface area is 122 Å². The Morgan fingerprint density at radius 2 is 2.16 bits per heavy atom. The van der Waals surface area contributed by atoms with Gasteiger partial charge in [0.25, 0.3) is 5.69 Å². The minimum atomic E-state index is -0.451. The predicted molar refractivity (Wildman–Crippen MR) is 77.4 cm³/mol. The topological polar surface area (TPSA) is 68.1 Å². The number of halogens is 2. The predicted octanol–water partition coefficient (Wildman–Crippen LogP) is 4.02. The Balaban J connectivity index is 2.19. The maximum atomic E-state index is 10.9. The van der Waals surface area contributed by atoms with Crippen LogP contribution in [-0.4, -0.2) is 9.91 Å². The van der Waals surface area contributed by atoms with Gasteiger partial charge in [-0.1, -0.05) is 17.7 Å². The van der Waals surface area contributed by atoms with E-state index in [1.54, 1.807) is 0 Å². The Bertz CT molecular complexity index is 622. The Morgan fingerprint density at radius 3 is 2.84 bits per heavy atom. The van der Waals surface area contributed by atoms with Gasteiger partial charge in [0, 0.05) is 11.1 Å². The maximum absolute atomic E-state index is 10.9. The number of pyridine rings is 1. The van der Waals surface area contributed by atoms with Crippen LogP contribution in [0.1, 0.15) is 5.69 Å². The second-order valence-corrected chi connectivity index (χ2v) is 4.97. The molecule has 98 valence electrons. The van der Waals surface area contributed by atoms with E-state index in [-0.39, 0.29) is 5.69 Å². The average molecular weight is 343 g/mol. The van der Waals surface area contributed by atoms with Crippen molar-refractivity contribution >= 4 is 38.9 Å². The van der Waals surface area contributed by atoms with Crippen LogP contribution in [0.3, 0.4) is 0 Å². The molecular formula is C12H9BrClN3O2. The van der Waals surface area contributed by atoms with E-state index in [4.69, 9.17) is 11.6 Å². The standard InChI is InChI=1S/C12H9BrClN3O2/c13-12-3-1-2-9(16-12)7-15-10-6-8(14)4-5-11(10)17(18)19/h1-6,15H,7H2. The van der Waals surface area contributed by atoms with Gasteiger partial charge in [-0.05, 0) is 40.2 Å². The molecule has 7 heteroatoms. The summed E-state index contributed by atoms with van der Waals surface area (Å²) in [6, 6.07) is 9.87. The quantitative estimate of drug-likeness (QED) is 0.518. The molecular weight excluding hydrogens is 334 g/mol.